The van der Waals surface area contributed by atoms with Crippen LogP contribution in [0.15, 0.2) is 66.7 Å². The third-order valence-electron chi connectivity index (χ3n) is 4.75. The van der Waals surface area contributed by atoms with Crippen molar-refractivity contribution in [2.45, 2.75) is 6.92 Å². The van der Waals surface area contributed by atoms with Gasteiger partial charge in [-0.1, -0.05) is 30.3 Å². The molecule has 4 rings (SSSR count). The number of ether oxygens (including phenoxy) is 2. The predicted molar refractivity (Wildman–Crippen MR) is 107 cm³/mol. The molecule has 0 spiro atoms. The summed E-state index contributed by atoms with van der Waals surface area (Å²) in [5, 5.41) is 0. The van der Waals surface area contributed by atoms with Gasteiger partial charge in [-0.2, -0.15) is 0 Å². The number of aryl methyl sites for hydroxylation is 1. The number of carbonyl (C=O) groups excluding carboxylic acids is 3. The summed E-state index contributed by atoms with van der Waals surface area (Å²) in [6.45, 7) is 1.83. The van der Waals surface area contributed by atoms with E-state index in [-0.39, 0.29) is 22.4 Å². The molecule has 3 aromatic rings. The van der Waals surface area contributed by atoms with Crippen molar-refractivity contribution in [3.05, 3.63) is 89.0 Å². The molecule has 0 aromatic heterocycles. The number of esters is 1. The molecule has 6 heteroatoms. The van der Waals surface area contributed by atoms with Gasteiger partial charge in [0, 0.05) is 0 Å². The minimum Gasteiger partial charge on any atom is -0.493 e. The highest BCUT2D eigenvalue weighted by molar-refractivity contribution is 6.34. The number of methoxy groups -OCH3 is 1. The molecule has 0 saturated heterocycles. The van der Waals surface area contributed by atoms with Gasteiger partial charge in [0.1, 0.15) is 0 Å². The van der Waals surface area contributed by atoms with Crippen LogP contribution in [0.25, 0.3) is 0 Å². The van der Waals surface area contributed by atoms with Crippen molar-refractivity contribution in [2.75, 3.05) is 12.0 Å². The molecule has 144 valence electrons. The van der Waals surface area contributed by atoms with Crippen LogP contribution in [0.3, 0.4) is 0 Å². The smallest absolute Gasteiger partial charge is 0.343 e. The number of carbonyl (C=O) groups is 3. The standard InChI is InChI=1S/C23H17NO5/c1-14-7-3-4-8-18(14)24-21(25)16-12-11-15(13-17(16)22(24)26)23(27)29-20-10-6-5-9-19(20)28-2/h3-13H,1-2H3. The van der Waals surface area contributed by atoms with E-state index in [9.17, 15) is 14.4 Å². The number of hydrogen-bond acceptors (Lipinski definition) is 5. The fourth-order valence-corrected chi connectivity index (χ4v) is 3.26. The number of rotatable bonds is 4. The maximum absolute atomic E-state index is 12.9. The first-order valence-corrected chi connectivity index (χ1v) is 8.95. The van der Waals surface area contributed by atoms with E-state index in [4.69, 9.17) is 9.47 Å². The zero-order valence-electron chi connectivity index (χ0n) is 15.8. The molecule has 2 amide bonds. The second-order valence-electron chi connectivity index (χ2n) is 6.53. The highest BCUT2D eigenvalue weighted by atomic mass is 16.6. The Labute approximate surface area is 167 Å². The van der Waals surface area contributed by atoms with E-state index >= 15 is 0 Å². The largest absolute Gasteiger partial charge is 0.493 e. The summed E-state index contributed by atoms with van der Waals surface area (Å²) in [5.41, 5.74) is 1.93. The Bertz CT molecular complexity index is 1150. The SMILES string of the molecule is COc1ccccc1OC(=O)c1ccc2c(c1)C(=O)N(c1ccccc1C)C2=O. The Morgan fingerprint density at radius 3 is 2.21 bits per heavy atom. The topological polar surface area (TPSA) is 72.9 Å². The molecule has 1 heterocycles. The molecule has 3 aromatic carbocycles. The number of anilines is 1. The van der Waals surface area contributed by atoms with Crippen LogP contribution in [0.2, 0.25) is 0 Å². The van der Waals surface area contributed by atoms with Crippen LogP contribution >= 0.6 is 0 Å². The van der Waals surface area contributed by atoms with Crippen molar-refractivity contribution >= 4 is 23.5 Å². The molecule has 0 aliphatic carbocycles. The molecule has 0 N–H and O–H groups in total. The number of benzene rings is 3. The average molecular weight is 387 g/mol. The predicted octanol–water partition coefficient (Wildman–Crippen LogP) is 4.02. The minimum absolute atomic E-state index is 0.169. The quantitative estimate of drug-likeness (QED) is 0.384. The summed E-state index contributed by atoms with van der Waals surface area (Å²) in [6, 6.07) is 18.3. The lowest BCUT2D eigenvalue weighted by Crippen LogP contribution is -2.29. The van der Waals surface area contributed by atoms with Gasteiger partial charge in [0.15, 0.2) is 11.5 Å². The van der Waals surface area contributed by atoms with Crippen molar-refractivity contribution < 1.29 is 23.9 Å². The van der Waals surface area contributed by atoms with Crippen LogP contribution in [0.4, 0.5) is 5.69 Å². The molecule has 0 radical (unpaired) electrons. The summed E-state index contributed by atoms with van der Waals surface area (Å²) in [6.07, 6.45) is 0. The lowest BCUT2D eigenvalue weighted by Gasteiger charge is -2.16. The molecule has 29 heavy (non-hydrogen) atoms. The van der Waals surface area contributed by atoms with Crippen LogP contribution in [0.5, 0.6) is 11.5 Å². The fraction of sp³-hybridized carbons (Fsp3) is 0.0870. The lowest BCUT2D eigenvalue weighted by atomic mass is 10.1. The number of hydrogen-bond donors (Lipinski definition) is 0. The Morgan fingerprint density at radius 1 is 0.828 bits per heavy atom. The summed E-state index contributed by atoms with van der Waals surface area (Å²) in [7, 11) is 1.48. The van der Waals surface area contributed by atoms with Gasteiger partial charge in [-0.25, -0.2) is 9.69 Å². The minimum atomic E-state index is -0.646. The zero-order chi connectivity index (χ0) is 20.5. The van der Waals surface area contributed by atoms with Gasteiger partial charge >= 0.3 is 5.97 Å². The summed E-state index contributed by atoms with van der Waals surface area (Å²) in [5.74, 6) is -0.842. The molecule has 1 aliphatic rings. The van der Waals surface area contributed by atoms with Crippen LogP contribution in [-0.2, 0) is 0 Å². The molecule has 6 nitrogen and oxygen atoms in total. The van der Waals surface area contributed by atoms with Crippen LogP contribution in [0, 0.1) is 6.92 Å². The second-order valence-corrected chi connectivity index (χ2v) is 6.53. The van der Waals surface area contributed by atoms with Crippen molar-refractivity contribution in [1.29, 1.82) is 0 Å². The van der Waals surface area contributed by atoms with Crippen molar-refractivity contribution in [1.82, 2.24) is 0 Å². The number of amides is 2. The Balaban J connectivity index is 1.66. The Morgan fingerprint density at radius 2 is 1.48 bits per heavy atom. The van der Waals surface area contributed by atoms with Crippen molar-refractivity contribution in [3.8, 4) is 11.5 Å². The van der Waals surface area contributed by atoms with E-state index in [1.807, 2.05) is 19.1 Å². The third-order valence-corrected chi connectivity index (χ3v) is 4.75. The molecule has 0 fully saturated rings. The van der Waals surface area contributed by atoms with Gasteiger partial charge < -0.3 is 9.47 Å². The second kappa shape index (κ2) is 7.24. The molecule has 0 unspecified atom stereocenters. The highest BCUT2D eigenvalue weighted by Gasteiger charge is 2.37. The Kier molecular flexibility index (Phi) is 4.60. The normalized spacial score (nSPS) is 12.7. The highest BCUT2D eigenvalue weighted by Crippen LogP contribution is 2.32. The first-order chi connectivity index (χ1) is 14.0. The summed E-state index contributed by atoms with van der Waals surface area (Å²) < 4.78 is 10.6. The lowest BCUT2D eigenvalue weighted by molar-refractivity contribution is 0.0729. The summed E-state index contributed by atoms with van der Waals surface area (Å²) in [4.78, 5) is 39.4. The van der Waals surface area contributed by atoms with Gasteiger partial charge in [0.05, 0.1) is 29.5 Å². The molecule has 1 aliphatic heterocycles. The van der Waals surface area contributed by atoms with Crippen molar-refractivity contribution in [2.24, 2.45) is 0 Å². The fourth-order valence-electron chi connectivity index (χ4n) is 3.26. The van der Waals surface area contributed by atoms with Crippen LogP contribution in [-0.4, -0.2) is 24.9 Å². The molecule has 0 atom stereocenters. The molecule has 0 saturated carbocycles. The number of fused-ring (bicyclic) bond motifs is 1. The zero-order valence-corrected chi connectivity index (χ0v) is 15.8. The molecular formula is C23H17NO5. The van der Waals surface area contributed by atoms with Gasteiger partial charge in [-0.15, -0.1) is 0 Å². The van der Waals surface area contributed by atoms with Gasteiger partial charge in [-0.05, 0) is 48.9 Å². The number of imide groups is 1. The van der Waals surface area contributed by atoms with Gasteiger partial charge in [0.2, 0.25) is 0 Å². The van der Waals surface area contributed by atoms with Gasteiger partial charge in [-0.3, -0.25) is 9.59 Å². The first kappa shape index (κ1) is 18.4. The van der Waals surface area contributed by atoms with Crippen LogP contribution in [0.1, 0.15) is 36.6 Å². The number of nitrogens with zero attached hydrogens (tertiary/aromatic N) is 1. The van der Waals surface area contributed by atoms with Crippen molar-refractivity contribution in [3.63, 3.8) is 0 Å². The number of para-hydroxylation sites is 3. The van der Waals surface area contributed by atoms with E-state index < -0.39 is 17.8 Å². The first-order valence-electron chi connectivity index (χ1n) is 8.95. The Hall–Kier alpha value is -3.93. The third kappa shape index (κ3) is 3.14. The van der Waals surface area contributed by atoms with Gasteiger partial charge in [0.25, 0.3) is 11.8 Å². The maximum Gasteiger partial charge on any atom is 0.343 e. The van der Waals surface area contributed by atoms with E-state index in [1.54, 1.807) is 36.4 Å². The molecule has 0 bridgehead atoms. The van der Waals surface area contributed by atoms with E-state index in [0.29, 0.717) is 11.4 Å². The summed E-state index contributed by atoms with van der Waals surface area (Å²) >= 11 is 0. The average Bonchev–Trinajstić information content (AvgIpc) is 2.98. The monoisotopic (exact) mass is 387 g/mol. The maximum atomic E-state index is 12.9. The van der Waals surface area contributed by atoms with E-state index in [0.717, 1.165) is 10.5 Å². The molecular weight excluding hydrogens is 370 g/mol. The van der Waals surface area contributed by atoms with E-state index in [2.05, 4.69) is 0 Å². The van der Waals surface area contributed by atoms with E-state index in [1.165, 1.54) is 25.3 Å². The van der Waals surface area contributed by atoms with Crippen LogP contribution < -0.4 is 14.4 Å².